The Morgan fingerprint density at radius 3 is 2.53 bits per heavy atom. The molecule has 1 aliphatic rings. The first-order valence-electron chi connectivity index (χ1n) is 9.62. The number of methoxy groups -OCH3 is 2. The average molecular weight is 421 g/mol. The minimum atomic E-state index is -0.288. The van der Waals surface area contributed by atoms with Crippen molar-refractivity contribution in [1.29, 1.82) is 0 Å². The highest BCUT2D eigenvalue weighted by Crippen LogP contribution is 2.49. The first kappa shape index (κ1) is 20.0. The van der Waals surface area contributed by atoms with E-state index in [9.17, 15) is 0 Å². The second-order valence-electron chi connectivity index (χ2n) is 7.23. The maximum absolute atomic E-state index is 6.49. The van der Waals surface area contributed by atoms with Gasteiger partial charge in [-0.3, -0.25) is 0 Å². The fraction of sp³-hybridized carbons (Fsp3) is 0.208. The van der Waals surface area contributed by atoms with Crippen molar-refractivity contribution in [2.24, 2.45) is 0 Å². The summed E-state index contributed by atoms with van der Waals surface area (Å²) in [4.78, 5) is 1.86. The number of ether oxygens (including phenoxy) is 3. The Balaban J connectivity index is 1.87. The lowest BCUT2D eigenvalue weighted by Crippen LogP contribution is -2.27. The van der Waals surface area contributed by atoms with Gasteiger partial charge in [-0.1, -0.05) is 24.3 Å². The smallest absolute Gasteiger partial charge is 0.172 e. The normalized spacial score (nSPS) is 14.1. The van der Waals surface area contributed by atoms with Crippen LogP contribution in [0.5, 0.6) is 17.2 Å². The molecular formula is C24H24N2O3S. The van der Waals surface area contributed by atoms with Crippen molar-refractivity contribution in [2.45, 2.75) is 6.10 Å². The first-order valence-corrected chi connectivity index (χ1v) is 10.0. The molecule has 0 saturated carbocycles. The third kappa shape index (κ3) is 3.66. The summed E-state index contributed by atoms with van der Waals surface area (Å²) < 4.78 is 17.5. The minimum absolute atomic E-state index is 0.288. The van der Waals surface area contributed by atoms with Crippen molar-refractivity contribution in [3.8, 4) is 28.4 Å². The van der Waals surface area contributed by atoms with Crippen LogP contribution in [0.3, 0.4) is 0 Å². The van der Waals surface area contributed by atoms with Crippen LogP contribution in [0.2, 0.25) is 0 Å². The van der Waals surface area contributed by atoms with Crippen molar-refractivity contribution in [1.82, 2.24) is 4.90 Å². The second kappa shape index (κ2) is 8.24. The van der Waals surface area contributed by atoms with Crippen LogP contribution in [0.25, 0.3) is 11.1 Å². The van der Waals surface area contributed by atoms with Gasteiger partial charge >= 0.3 is 0 Å². The number of thiocarbonyl (C=S) groups is 1. The Morgan fingerprint density at radius 2 is 1.80 bits per heavy atom. The van der Waals surface area contributed by atoms with E-state index in [-0.39, 0.29) is 6.10 Å². The van der Waals surface area contributed by atoms with Crippen LogP contribution in [-0.2, 0) is 0 Å². The van der Waals surface area contributed by atoms with Crippen molar-refractivity contribution in [3.05, 3.63) is 71.8 Å². The molecule has 5 nitrogen and oxygen atoms in total. The Labute approximate surface area is 182 Å². The molecule has 1 heterocycles. The van der Waals surface area contributed by atoms with Gasteiger partial charge in [0.25, 0.3) is 0 Å². The average Bonchev–Trinajstić information content (AvgIpc) is 2.77. The monoisotopic (exact) mass is 420 g/mol. The SMILES string of the molecule is COc1cccc(C2Oc3cccc(OC)c3-c3ccc(NC(=S)N(C)C)cc32)c1. The summed E-state index contributed by atoms with van der Waals surface area (Å²) in [7, 11) is 7.17. The van der Waals surface area contributed by atoms with E-state index in [0.717, 1.165) is 45.2 Å². The molecule has 1 N–H and O–H groups in total. The molecule has 154 valence electrons. The van der Waals surface area contributed by atoms with Crippen LogP contribution in [0.15, 0.2) is 60.7 Å². The number of rotatable bonds is 4. The van der Waals surface area contributed by atoms with Gasteiger partial charge in [-0.05, 0) is 54.2 Å². The molecule has 3 aromatic carbocycles. The summed E-state index contributed by atoms with van der Waals surface area (Å²) in [6.45, 7) is 0. The van der Waals surface area contributed by atoms with Gasteiger partial charge in [0.15, 0.2) is 5.11 Å². The van der Waals surface area contributed by atoms with Gasteiger partial charge in [-0.15, -0.1) is 0 Å². The number of hydrogen-bond donors (Lipinski definition) is 1. The zero-order chi connectivity index (χ0) is 21.3. The zero-order valence-electron chi connectivity index (χ0n) is 17.4. The lowest BCUT2D eigenvalue weighted by atomic mass is 9.88. The maximum atomic E-state index is 6.49. The van der Waals surface area contributed by atoms with Crippen molar-refractivity contribution < 1.29 is 14.2 Å². The molecular weight excluding hydrogens is 396 g/mol. The molecule has 1 atom stereocenters. The third-order valence-electron chi connectivity index (χ3n) is 5.11. The van der Waals surface area contributed by atoms with Crippen molar-refractivity contribution >= 4 is 23.0 Å². The second-order valence-corrected chi connectivity index (χ2v) is 7.62. The zero-order valence-corrected chi connectivity index (χ0v) is 18.2. The van der Waals surface area contributed by atoms with Gasteiger partial charge < -0.3 is 24.4 Å². The first-order chi connectivity index (χ1) is 14.5. The van der Waals surface area contributed by atoms with Crippen LogP contribution in [0, 0.1) is 0 Å². The van der Waals surface area contributed by atoms with Crippen LogP contribution in [0.4, 0.5) is 5.69 Å². The lowest BCUT2D eigenvalue weighted by Gasteiger charge is -2.31. The number of nitrogens with one attached hydrogen (secondary N) is 1. The van der Waals surface area contributed by atoms with E-state index >= 15 is 0 Å². The van der Waals surface area contributed by atoms with E-state index in [1.165, 1.54) is 0 Å². The van der Waals surface area contributed by atoms with Gasteiger partial charge in [0.2, 0.25) is 0 Å². The quantitative estimate of drug-likeness (QED) is 0.592. The molecule has 0 bridgehead atoms. The molecule has 0 spiro atoms. The fourth-order valence-electron chi connectivity index (χ4n) is 3.61. The number of anilines is 1. The molecule has 4 rings (SSSR count). The molecule has 0 radical (unpaired) electrons. The third-order valence-corrected chi connectivity index (χ3v) is 5.58. The fourth-order valence-corrected chi connectivity index (χ4v) is 3.73. The molecule has 1 aliphatic heterocycles. The predicted octanol–water partition coefficient (Wildman–Crippen LogP) is 5.11. The number of fused-ring (bicyclic) bond motifs is 3. The molecule has 0 aromatic heterocycles. The van der Waals surface area contributed by atoms with E-state index in [2.05, 4.69) is 17.4 Å². The number of hydrogen-bond acceptors (Lipinski definition) is 4. The topological polar surface area (TPSA) is 43.0 Å². The van der Waals surface area contributed by atoms with E-state index < -0.39 is 0 Å². The van der Waals surface area contributed by atoms with E-state index in [0.29, 0.717) is 5.11 Å². The van der Waals surface area contributed by atoms with Crippen LogP contribution < -0.4 is 19.5 Å². The molecule has 1 unspecified atom stereocenters. The largest absolute Gasteiger partial charge is 0.497 e. The lowest BCUT2D eigenvalue weighted by molar-refractivity contribution is 0.241. The summed E-state index contributed by atoms with van der Waals surface area (Å²) in [6, 6.07) is 20.0. The summed E-state index contributed by atoms with van der Waals surface area (Å²) in [5.41, 5.74) is 4.98. The standard InChI is InChI=1S/C24H24N2O3S/c1-26(2)24(30)25-16-11-12-18-19(14-16)23(15-7-5-8-17(13-15)27-3)29-21-10-6-9-20(28-4)22(18)21/h5-14,23H,1-4H3,(H,25,30). The Kier molecular flexibility index (Phi) is 5.50. The summed E-state index contributed by atoms with van der Waals surface area (Å²) in [5.74, 6) is 2.36. The number of nitrogens with zero attached hydrogens (tertiary/aromatic N) is 1. The van der Waals surface area contributed by atoms with E-state index in [1.807, 2.05) is 67.5 Å². The molecule has 0 aliphatic carbocycles. The highest BCUT2D eigenvalue weighted by atomic mass is 32.1. The van der Waals surface area contributed by atoms with Gasteiger partial charge in [0, 0.05) is 30.9 Å². The molecule has 0 amide bonds. The predicted molar refractivity (Wildman–Crippen MR) is 124 cm³/mol. The Bertz CT molecular complexity index is 1100. The maximum Gasteiger partial charge on any atom is 0.172 e. The Morgan fingerprint density at radius 1 is 1.00 bits per heavy atom. The van der Waals surface area contributed by atoms with E-state index in [1.54, 1.807) is 14.2 Å². The van der Waals surface area contributed by atoms with Gasteiger partial charge in [-0.25, -0.2) is 0 Å². The van der Waals surface area contributed by atoms with Crippen LogP contribution in [0.1, 0.15) is 17.2 Å². The summed E-state index contributed by atoms with van der Waals surface area (Å²) in [6.07, 6.45) is -0.288. The summed E-state index contributed by atoms with van der Waals surface area (Å²) in [5, 5.41) is 3.93. The van der Waals surface area contributed by atoms with Crippen molar-refractivity contribution in [3.63, 3.8) is 0 Å². The van der Waals surface area contributed by atoms with Gasteiger partial charge in [-0.2, -0.15) is 0 Å². The Hall–Kier alpha value is -3.25. The molecule has 3 aromatic rings. The molecule has 6 heteroatoms. The van der Waals surface area contributed by atoms with Gasteiger partial charge in [0.1, 0.15) is 23.4 Å². The van der Waals surface area contributed by atoms with Gasteiger partial charge in [0.05, 0.1) is 19.8 Å². The minimum Gasteiger partial charge on any atom is -0.497 e. The van der Waals surface area contributed by atoms with Crippen LogP contribution in [-0.4, -0.2) is 38.3 Å². The van der Waals surface area contributed by atoms with Crippen LogP contribution >= 0.6 is 12.2 Å². The molecule has 0 fully saturated rings. The molecule has 30 heavy (non-hydrogen) atoms. The molecule has 0 saturated heterocycles. The highest BCUT2D eigenvalue weighted by Gasteiger charge is 2.30. The summed E-state index contributed by atoms with van der Waals surface area (Å²) >= 11 is 5.42. The van der Waals surface area contributed by atoms with E-state index in [4.69, 9.17) is 26.4 Å². The van der Waals surface area contributed by atoms with Crippen molar-refractivity contribution in [2.75, 3.05) is 33.6 Å². The highest BCUT2D eigenvalue weighted by molar-refractivity contribution is 7.80. The number of benzene rings is 3.